The van der Waals surface area contributed by atoms with Gasteiger partial charge < -0.3 is 0 Å². The average Bonchev–Trinajstić information content (AvgIpc) is 3.08. The molecule has 0 unspecified atom stereocenters. The van der Waals surface area contributed by atoms with Crippen molar-refractivity contribution >= 4 is 33.7 Å². The highest BCUT2D eigenvalue weighted by Gasteiger charge is 2.11. The van der Waals surface area contributed by atoms with Gasteiger partial charge in [0.15, 0.2) is 5.13 Å². The molecule has 3 heterocycles. The quantitative estimate of drug-likeness (QED) is 0.790. The Kier molecular flexibility index (Phi) is 3.81. The van der Waals surface area contributed by atoms with Crippen LogP contribution in [0.2, 0.25) is 0 Å². The Bertz CT molecular complexity index is 774. The van der Waals surface area contributed by atoms with E-state index in [-0.39, 0.29) is 5.91 Å². The summed E-state index contributed by atoms with van der Waals surface area (Å²) in [5.41, 5.74) is 2.32. The maximum absolute atomic E-state index is 12.1. The number of carbonyl (C=O) groups excluding carboxylic acids is 1. The fourth-order valence-electron chi connectivity index (χ4n) is 1.79. The Morgan fingerprint density at radius 1 is 1.19 bits per heavy atom. The molecule has 0 aromatic carbocycles. The minimum Gasteiger partial charge on any atom is -0.298 e. The number of thiazole rings is 1. The molecular weight excluding hydrogens is 302 g/mol. The molecule has 1 N–H and O–H groups in total. The van der Waals surface area contributed by atoms with Crippen molar-refractivity contribution in [3.63, 3.8) is 0 Å². The van der Waals surface area contributed by atoms with Gasteiger partial charge in [0.05, 0.1) is 16.1 Å². The van der Waals surface area contributed by atoms with Crippen LogP contribution >= 0.6 is 22.7 Å². The molecule has 0 aliphatic rings. The van der Waals surface area contributed by atoms with E-state index < -0.39 is 0 Å². The Balaban J connectivity index is 1.75. The van der Waals surface area contributed by atoms with Gasteiger partial charge in [0, 0.05) is 22.1 Å². The van der Waals surface area contributed by atoms with Crippen molar-refractivity contribution in [2.24, 2.45) is 0 Å². The van der Waals surface area contributed by atoms with Crippen LogP contribution in [0.25, 0.3) is 10.6 Å². The summed E-state index contributed by atoms with van der Waals surface area (Å²) in [7, 11) is 0. The van der Waals surface area contributed by atoms with Gasteiger partial charge in [0.2, 0.25) is 0 Å². The standard InChI is InChI=1S/C15H13N3OS2/c1-9-3-5-11(7-16-9)14(19)18-15-17-12(8-20-15)13-6-4-10(2)21-13/h3-8H,1-2H3,(H,17,18,19). The lowest BCUT2D eigenvalue weighted by molar-refractivity contribution is 0.102. The monoisotopic (exact) mass is 315 g/mol. The summed E-state index contributed by atoms with van der Waals surface area (Å²) in [5.74, 6) is -0.189. The first-order chi connectivity index (χ1) is 10.1. The van der Waals surface area contributed by atoms with Crippen LogP contribution in [0.15, 0.2) is 35.8 Å². The number of nitrogens with zero attached hydrogens (tertiary/aromatic N) is 2. The number of hydrogen-bond donors (Lipinski definition) is 1. The Morgan fingerprint density at radius 2 is 2.05 bits per heavy atom. The van der Waals surface area contributed by atoms with Crippen LogP contribution in [-0.4, -0.2) is 15.9 Å². The molecule has 0 aliphatic heterocycles. The number of pyridine rings is 1. The summed E-state index contributed by atoms with van der Waals surface area (Å²) in [6.07, 6.45) is 1.57. The minimum atomic E-state index is -0.189. The second kappa shape index (κ2) is 5.75. The molecule has 0 fully saturated rings. The van der Waals surface area contributed by atoms with E-state index in [4.69, 9.17) is 0 Å². The van der Waals surface area contributed by atoms with Gasteiger partial charge in [-0.2, -0.15) is 0 Å². The molecule has 0 spiro atoms. The molecule has 106 valence electrons. The number of hydrogen-bond acceptors (Lipinski definition) is 5. The highest BCUT2D eigenvalue weighted by Crippen LogP contribution is 2.30. The highest BCUT2D eigenvalue weighted by molar-refractivity contribution is 7.17. The van der Waals surface area contributed by atoms with E-state index in [9.17, 15) is 4.79 Å². The molecule has 1 amide bonds. The zero-order valence-corrected chi connectivity index (χ0v) is 13.2. The SMILES string of the molecule is Cc1ccc(C(=O)Nc2nc(-c3ccc(C)s3)cs2)cn1. The maximum Gasteiger partial charge on any atom is 0.259 e. The third-order valence-electron chi connectivity index (χ3n) is 2.89. The number of carbonyl (C=O) groups is 1. The molecule has 0 radical (unpaired) electrons. The second-order valence-corrected chi connectivity index (χ2v) is 6.74. The van der Waals surface area contributed by atoms with E-state index in [0.717, 1.165) is 16.3 Å². The van der Waals surface area contributed by atoms with E-state index >= 15 is 0 Å². The van der Waals surface area contributed by atoms with Crippen molar-refractivity contribution in [1.82, 2.24) is 9.97 Å². The first-order valence-electron chi connectivity index (χ1n) is 6.38. The van der Waals surface area contributed by atoms with Crippen molar-refractivity contribution in [2.45, 2.75) is 13.8 Å². The van der Waals surface area contributed by atoms with Crippen LogP contribution in [0, 0.1) is 13.8 Å². The number of rotatable bonds is 3. The maximum atomic E-state index is 12.1. The van der Waals surface area contributed by atoms with Gasteiger partial charge in [-0.15, -0.1) is 22.7 Å². The Morgan fingerprint density at radius 3 is 2.71 bits per heavy atom. The zero-order chi connectivity index (χ0) is 14.8. The van der Waals surface area contributed by atoms with Crippen LogP contribution in [0.1, 0.15) is 20.9 Å². The van der Waals surface area contributed by atoms with Crippen molar-refractivity contribution < 1.29 is 4.79 Å². The van der Waals surface area contributed by atoms with E-state index in [1.54, 1.807) is 23.6 Å². The van der Waals surface area contributed by atoms with Gasteiger partial charge in [0.25, 0.3) is 5.91 Å². The molecule has 0 saturated heterocycles. The molecule has 3 aromatic rings. The number of amides is 1. The second-order valence-electron chi connectivity index (χ2n) is 4.59. The summed E-state index contributed by atoms with van der Waals surface area (Å²) in [4.78, 5) is 23.0. The molecular formula is C15H13N3OS2. The summed E-state index contributed by atoms with van der Waals surface area (Å²) < 4.78 is 0. The predicted molar refractivity (Wildman–Crippen MR) is 87.1 cm³/mol. The molecule has 0 atom stereocenters. The lowest BCUT2D eigenvalue weighted by Crippen LogP contribution is -2.12. The minimum absolute atomic E-state index is 0.189. The van der Waals surface area contributed by atoms with E-state index in [1.807, 2.05) is 24.4 Å². The highest BCUT2D eigenvalue weighted by atomic mass is 32.1. The van der Waals surface area contributed by atoms with E-state index in [2.05, 4.69) is 28.3 Å². The van der Waals surface area contributed by atoms with Crippen molar-refractivity contribution in [1.29, 1.82) is 0 Å². The lowest BCUT2D eigenvalue weighted by atomic mass is 10.2. The van der Waals surface area contributed by atoms with E-state index in [1.165, 1.54) is 16.2 Å². The van der Waals surface area contributed by atoms with Crippen LogP contribution in [0.5, 0.6) is 0 Å². The molecule has 0 bridgehead atoms. The topological polar surface area (TPSA) is 54.9 Å². The van der Waals surface area contributed by atoms with Gasteiger partial charge in [-0.25, -0.2) is 4.98 Å². The fraction of sp³-hybridized carbons (Fsp3) is 0.133. The summed E-state index contributed by atoms with van der Waals surface area (Å²) in [6, 6.07) is 7.69. The first kappa shape index (κ1) is 13.9. The third kappa shape index (κ3) is 3.17. The van der Waals surface area contributed by atoms with Gasteiger partial charge in [-0.05, 0) is 38.1 Å². The Labute approximate surface area is 130 Å². The molecule has 0 saturated carbocycles. The average molecular weight is 315 g/mol. The molecule has 4 nitrogen and oxygen atoms in total. The van der Waals surface area contributed by atoms with Gasteiger partial charge in [0.1, 0.15) is 0 Å². The summed E-state index contributed by atoms with van der Waals surface area (Å²) in [5, 5.41) is 5.36. The van der Waals surface area contributed by atoms with Gasteiger partial charge >= 0.3 is 0 Å². The number of aromatic nitrogens is 2. The van der Waals surface area contributed by atoms with Crippen LogP contribution in [-0.2, 0) is 0 Å². The molecule has 3 aromatic heterocycles. The van der Waals surface area contributed by atoms with Crippen molar-refractivity contribution in [3.05, 3.63) is 52.0 Å². The smallest absolute Gasteiger partial charge is 0.259 e. The molecule has 0 aliphatic carbocycles. The predicted octanol–water partition coefficient (Wildman–Crippen LogP) is 4.14. The first-order valence-corrected chi connectivity index (χ1v) is 8.08. The number of thiophene rings is 1. The van der Waals surface area contributed by atoms with Crippen molar-refractivity contribution in [2.75, 3.05) is 5.32 Å². The molecule has 6 heteroatoms. The summed E-state index contributed by atoms with van der Waals surface area (Å²) >= 11 is 3.12. The summed E-state index contributed by atoms with van der Waals surface area (Å²) in [6.45, 7) is 3.95. The van der Waals surface area contributed by atoms with Crippen LogP contribution in [0.4, 0.5) is 5.13 Å². The third-order valence-corrected chi connectivity index (χ3v) is 4.67. The van der Waals surface area contributed by atoms with Crippen molar-refractivity contribution in [3.8, 4) is 10.6 Å². The van der Waals surface area contributed by atoms with Gasteiger partial charge in [-0.3, -0.25) is 15.1 Å². The fourth-order valence-corrected chi connectivity index (χ4v) is 3.40. The number of nitrogens with one attached hydrogen (secondary N) is 1. The number of aryl methyl sites for hydroxylation is 2. The Hall–Kier alpha value is -2.05. The normalized spacial score (nSPS) is 10.6. The lowest BCUT2D eigenvalue weighted by Gasteiger charge is -2.01. The van der Waals surface area contributed by atoms with Crippen LogP contribution in [0.3, 0.4) is 0 Å². The van der Waals surface area contributed by atoms with Crippen LogP contribution < -0.4 is 5.32 Å². The number of anilines is 1. The largest absolute Gasteiger partial charge is 0.298 e. The zero-order valence-electron chi connectivity index (χ0n) is 11.6. The molecule has 21 heavy (non-hydrogen) atoms. The van der Waals surface area contributed by atoms with E-state index in [0.29, 0.717) is 10.7 Å². The van der Waals surface area contributed by atoms with Gasteiger partial charge in [-0.1, -0.05) is 0 Å². The molecule has 3 rings (SSSR count).